The van der Waals surface area contributed by atoms with Gasteiger partial charge in [0.2, 0.25) is 0 Å². The lowest BCUT2D eigenvalue weighted by Crippen LogP contribution is -2.37. The Hall–Kier alpha value is -0.460. The number of hydrogen-bond acceptors (Lipinski definition) is 5. The molecule has 1 saturated heterocycles. The lowest BCUT2D eigenvalue weighted by Gasteiger charge is -2.26. The van der Waals surface area contributed by atoms with E-state index in [1.807, 2.05) is 17.5 Å². The average molecular weight is 270 g/mol. The van der Waals surface area contributed by atoms with Gasteiger partial charge in [-0.05, 0) is 31.0 Å². The molecule has 1 atom stereocenters. The summed E-state index contributed by atoms with van der Waals surface area (Å²) in [6.45, 7) is 6.56. The second-order valence-electron chi connectivity index (χ2n) is 4.54. The highest BCUT2D eigenvalue weighted by Crippen LogP contribution is 2.17. The third-order valence-electron chi connectivity index (χ3n) is 3.14. The maximum atomic E-state index is 9.88. The Morgan fingerprint density at radius 1 is 1.44 bits per heavy atom. The number of nitrogens with one attached hydrogen (secondary N) is 1. The van der Waals surface area contributed by atoms with Crippen LogP contribution in [-0.4, -0.2) is 55.9 Å². The summed E-state index contributed by atoms with van der Waals surface area (Å²) in [6.07, 6.45) is 0.755. The largest absolute Gasteiger partial charge is 0.386 e. The molecule has 2 heterocycles. The molecule has 2 N–H and O–H groups in total. The second-order valence-corrected chi connectivity index (χ2v) is 5.52. The molecule has 0 aliphatic carbocycles. The predicted octanol–water partition coefficient (Wildman–Crippen LogP) is 1.09. The van der Waals surface area contributed by atoms with Gasteiger partial charge in [0.15, 0.2) is 0 Å². The Bertz CT molecular complexity index is 313. The molecule has 2 rings (SSSR count). The van der Waals surface area contributed by atoms with Gasteiger partial charge in [0.1, 0.15) is 6.10 Å². The zero-order chi connectivity index (χ0) is 12.6. The molecule has 0 aromatic carbocycles. The van der Waals surface area contributed by atoms with Crippen LogP contribution >= 0.6 is 11.3 Å². The zero-order valence-electron chi connectivity index (χ0n) is 10.7. The van der Waals surface area contributed by atoms with E-state index in [4.69, 9.17) is 4.74 Å². The summed E-state index contributed by atoms with van der Waals surface area (Å²) < 4.78 is 5.31. The Kier molecular flexibility index (Phi) is 6.10. The molecule has 0 spiro atoms. The molecule has 0 amide bonds. The molecule has 0 saturated carbocycles. The third-order valence-corrected chi connectivity index (χ3v) is 4.11. The van der Waals surface area contributed by atoms with Crippen LogP contribution in [0.1, 0.15) is 17.4 Å². The first-order valence-electron chi connectivity index (χ1n) is 6.58. The van der Waals surface area contributed by atoms with Crippen molar-refractivity contribution in [1.29, 1.82) is 0 Å². The SMILES string of the molecule is OC(CNCCCN1CCOCC1)c1cccs1. The van der Waals surface area contributed by atoms with Crippen molar-refractivity contribution in [3.8, 4) is 0 Å². The van der Waals surface area contributed by atoms with E-state index in [0.29, 0.717) is 6.54 Å². The molecule has 5 heteroatoms. The summed E-state index contributed by atoms with van der Waals surface area (Å²) >= 11 is 1.61. The molecule has 1 aromatic heterocycles. The van der Waals surface area contributed by atoms with Crippen molar-refractivity contribution >= 4 is 11.3 Å². The van der Waals surface area contributed by atoms with Crippen LogP contribution in [0.5, 0.6) is 0 Å². The van der Waals surface area contributed by atoms with E-state index in [1.165, 1.54) is 0 Å². The first-order valence-corrected chi connectivity index (χ1v) is 7.46. The molecule has 0 bridgehead atoms. The highest BCUT2D eigenvalue weighted by molar-refractivity contribution is 7.10. The van der Waals surface area contributed by atoms with Crippen LogP contribution in [0.25, 0.3) is 0 Å². The first-order chi connectivity index (χ1) is 8.86. The fourth-order valence-electron chi connectivity index (χ4n) is 2.07. The van der Waals surface area contributed by atoms with Gasteiger partial charge in [-0.1, -0.05) is 6.07 Å². The number of aliphatic hydroxyl groups is 1. The Balaban J connectivity index is 1.50. The van der Waals surface area contributed by atoms with E-state index >= 15 is 0 Å². The lowest BCUT2D eigenvalue weighted by atomic mass is 10.3. The molecule has 1 unspecified atom stereocenters. The van der Waals surface area contributed by atoms with Crippen molar-refractivity contribution in [2.75, 3.05) is 45.9 Å². The normalized spacial score (nSPS) is 18.9. The van der Waals surface area contributed by atoms with E-state index in [1.54, 1.807) is 11.3 Å². The summed E-state index contributed by atoms with van der Waals surface area (Å²) in [6, 6.07) is 3.95. The minimum atomic E-state index is -0.367. The summed E-state index contributed by atoms with van der Waals surface area (Å²) in [5, 5.41) is 15.2. The number of nitrogens with zero attached hydrogens (tertiary/aromatic N) is 1. The van der Waals surface area contributed by atoms with Crippen molar-refractivity contribution in [2.24, 2.45) is 0 Å². The number of ether oxygens (including phenoxy) is 1. The van der Waals surface area contributed by atoms with Crippen LogP contribution in [0.4, 0.5) is 0 Å². The molecule has 1 aliphatic rings. The van der Waals surface area contributed by atoms with Crippen molar-refractivity contribution in [2.45, 2.75) is 12.5 Å². The van der Waals surface area contributed by atoms with Crippen molar-refractivity contribution in [1.82, 2.24) is 10.2 Å². The monoisotopic (exact) mass is 270 g/mol. The van der Waals surface area contributed by atoms with Crippen LogP contribution in [0.3, 0.4) is 0 Å². The molecular formula is C13H22N2O2S. The number of hydrogen-bond donors (Lipinski definition) is 2. The van der Waals surface area contributed by atoms with Crippen LogP contribution < -0.4 is 5.32 Å². The minimum absolute atomic E-state index is 0.367. The number of morpholine rings is 1. The fraction of sp³-hybridized carbons (Fsp3) is 0.692. The van der Waals surface area contributed by atoms with Gasteiger partial charge in [0.05, 0.1) is 13.2 Å². The van der Waals surface area contributed by atoms with Gasteiger partial charge >= 0.3 is 0 Å². The smallest absolute Gasteiger partial charge is 0.101 e. The molecular weight excluding hydrogens is 248 g/mol. The summed E-state index contributed by atoms with van der Waals surface area (Å²) in [7, 11) is 0. The first kappa shape index (κ1) is 14.0. The van der Waals surface area contributed by atoms with E-state index in [-0.39, 0.29) is 6.10 Å². The van der Waals surface area contributed by atoms with Gasteiger partial charge in [-0.15, -0.1) is 11.3 Å². The predicted molar refractivity (Wildman–Crippen MR) is 74.0 cm³/mol. The van der Waals surface area contributed by atoms with E-state index < -0.39 is 0 Å². The molecule has 0 radical (unpaired) electrons. The fourth-order valence-corrected chi connectivity index (χ4v) is 2.78. The highest BCUT2D eigenvalue weighted by Gasteiger charge is 2.10. The summed E-state index contributed by atoms with van der Waals surface area (Å²) in [5.74, 6) is 0. The molecule has 4 nitrogen and oxygen atoms in total. The van der Waals surface area contributed by atoms with Crippen molar-refractivity contribution < 1.29 is 9.84 Å². The molecule has 18 heavy (non-hydrogen) atoms. The standard InChI is InChI=1S/C13H22N2O2S/c16-12(13-3-1-10-18-13)11-14-4-2-5-15-6-8-17-9-7-15/h1,3,10,12,14,16H,2,4-9,11H2. The summed E-state index contributed by atoms with van der Waals surface area (Å²) in [4.78, 5) is 3.47. The van der Waals surface area contributed by atoms with Gasteiger partial charge in [0.25, 0.3) is 0 Å². The molecule has 102 valence electrons. The van der Waals surface area contributed by atoms with Gasteiger partial charge in [-0.25, -0.2) is 0 Å². The minimum Gasteiger partial charge on any atom is -0.386 e. The topological polar surface area (TPSA) is 44.7 Å². The average Bonchev–Trinajstić information content (AvgIpc) is 2.93. The van der Waals surface area contributed by atoms with Crippen LogP contribution in [0.2, 0.25) is 0 Å². The van der Waals surface area contributed by atoms with Crippen LogP contribution in [0, 0.1) is 0 Å². The third kappa shape index (κ3) is 4.66. The summed E-state index contributed by atoms with van der Waals surface area (Å²) in [5.41, 5.74) is 0. The highest BCUT2D eigenvalue weighted by atomic mass is 32.1. The number of rotatable bonds is 7. The van der Waals surface area contributed by atoms with Gasteiger partial charge in [-0.2, -0.15) is 0 Å². The Morgan fingerprint density at radius 3 is 3.00 bits per heavy atom. The number of aliphatic hydroxyl groups excluding tert-OH is 1. The van der Waals surface area contributed by atoms with Gasteiger partial charge in [0, 0.05) is 24.5 Å². The molecule has 1 aromatic rings. The lowest BCUT2D eigenvalue weighted by molar-refractivity contribution is 0.0373. The zero-order valence-corrected chi connectivity index (χ0v) is 11.5. The molecule has 1 aliphatic heterocycles. The van der Waals surface area contributed by atoms with E-state index in [0.717, 1.165) is 50.7 Å². The number of thiophene rings is 1. The molecule has 1 fully saturated rings. The quantitative estimate of drug-likeness (QED) is 0.728. The van der Waals surface area contributed by atoms with Crippen molar-refractivity contribution in [3.63, 3.8) is 0 Å². The van der Waals surface area contributed by atoms with Crippen LogP contribution in [-0.2, 0) is 4.74 Å². The maximum Gasteiger partial charge on any atom is 0.101 e. The Morgan fingerprint density at radius 2 is 2.28 bits per heavy atom. The maximum absolute atomic E-state index is 9.88. The van der Waals surface area contributed by atoms with E-state index in [2.05, 4.69) is 10.2 Å². The second kappa shape index (κ2) is 7.86. The Labute approximate surface area is 113 Å². The van der Waals surface area contributed by atoms with E-state index in [9.17, 15) is 5.11 Å². The van der Waals surface area contributed by atoms with Crippen molar-refractivity contribution in [3.05, 3.63) is 22.4 Å². The van der Waals surface area contributed by atoms with Crippen LogP contribution in [0.15, 0.2) is 17.5 Å². The van der Waals surface area contributed by atoms with Gasteiger partial charge < -0.3 is 15.2 Å². The van der Waals surface area contributed by atoms with Gasteiger partial charge in [-0.3, -0.25) is 4.90 Å².